The van der Waals surface area contributed by atoms with Crippen LogP contribution >= 0.6 is 0 Å². The Kier molecular flexibility index (Phi) is 4.88. The number of carbonyl (C=O) groups excluding carboxylic acids is 2. The molecule has 4 rings (SSSR count). The molecule has 0 N–H and O–H groups in total. The number of benzene rings is 2. The lowest BCUT2D eigenvalue weighted by molar-refractivity contribution is -0.129. The highest BCUT2D eigenvalue weighted by molar-refractivity contribution is 6.41. The van der Waals surface area contributed by atoms with E-state index in [-0.39, 0.29) is 22.0 Å². The number of carbonyl (C=O) groups is 2. The molecular formula is C26H28O6. The molecule has 0 aliphatic carbocycles. The topological polar surface area (TPSA) is 71.1 Å². The summed E-state index contributed by atoms with van der Waals surface area (Å²) >= 11 is 0. The van der Waals surface area contributed by atoms with E-state index < -0.39 is 11.9 Å². The number of methoxy groups -OCH3 is 2. The van der Waals surface area contributed by atoms with Gasteiger partial charge in [-0.05, 0) is 35.1 Å². The Balaban J connectivity index is 2.07. The predicted molar refractivity (Wildman–Crippen MR) is 121 cm³/mol. The molecule has 0 radical (unpaired) electrons. The lowest BCUT2D eigenvalue weighted by Gasteiger charge is -2.22. The Bertz CT molecular complexity index is 1090. The quantitative estimate of drug-likeness (QED) is 0.373. The summed E-state index contributed by atoms with van der Waals surface area (Å²) in [4.78, 5) is 26.3. The van der Waals surface area contributed by atoms with Gasteiger partial charge in [-0.2, -0.15) is 0 Å². The zero-order valence-electron chi connectivity index (χ0n) is 19.8. The summed E-state index contributed by atoms with van der Waals surface area (Å²) in [5.41, 5.74) is 2.44. The van der Waals surface area contributed by atoms with E-state index >= 15 is 0 Å². The second kappa shape index (κ2) is 7.12. The van der Waals surface area contributed by atoms with E-state index in [9.17, 15) is 9.59 Å². The Hall–Kier alpha value is -3.28. The first kappa shape index (κ1) is 21.9. The lowest BCUT2D eigenvalue weighted by atomic mass is 9.83. The first-order chi connectivity index (χ1) is 14.9. The zero-order chi connectivity index (χ0) is 23.6. The van der Waals surface area contributed by atoms with Gasteiger partial charge in [-0.15, -0.1) is 0 Å². The van der Waals surface area contributed by atoms with Gasteiger partial charge in [0.1, 0.15) is 23.0 Å². The highest BCUT2D eigenvalue weighted by atomic mass is 16.5. The molecule has 6 heteroatoms. The molecule has 168 valence electrons. The molecular weight excluding hydrogens is 408 g/mol. The first-order valence-electron chi connectivity index (χ1n) is 10.5. The van der Waals surface area contributed by atoms with Crippen LogP contribution in [0, 0.1) is 0 Å². The van der Waals surface area contributed by atoms with Gasteiger partial charge >= 0.3 is 11.9 Å². The third kappa shape index (κ3) is 3.34. The maximum atomic E-state index is 13.1. The van der Waals surface area contributed by atoms with Crippen LogP contribution in [0.4, 0.5) is 0 Å². The van der Waals surface area contributed by atoms with Gasteiger partial charge < -0.3 is 18.9 Å². The second-order valence-electron chi connectivity index (χ2n) is 10.1. The molecule has 0 bridgehead atoms. The highest BCUT2D eigenvalue weighted by Gasteiger charge is 2.42. The van der Waals surface area contributed by atoms with Crippen molar-refractivity contribution in [3.8, 4) is 23.0 Å². The zero-order valence-corrected chi connectivity index (χ0v) is 19.8. The predicted octanol–water partition coefficient (Wildman–Crippen LogP) is 5.05. The van der Waals surface area contributed by atoms with Crippen LogP contribution < -0.4 is 18.9 Å². The number of hydrogen-bond acceptors (Lipinski definition) is 6. The van der Waals surface area contributed by atoms with Crippen LogP contribution in [-0.4, -0.2) is 26.2 Å². The van der Waals surface area contributed by atoms with Crippen LogP contribution in [0.1, 0.15) is 63.8 Å². The Morgan fingerprint density at radius 1 is 0.625 bits per heavy atom. The average Bonchev–Trinajstić information content (AvgIpc) is 3.19. The standard InChI is InChI=1S/C26H28O6/c1-25(2,3)17-11-13(29-7)9-15-19(23(27)31-21(15)17)20-16-10-14(30-8)12-18(26(4,5)6)22(16)32-24(20)28/h9-12H,1-8H3/b20-19-. The van der Waals surface area contributed by atoms with E-state index in [2.05, 4.69) is 0 Å². The van der Waals surface area contributed by atoms with Crippen molar-refractivity contribution in [2.45, 2.75) is 52.4 Å². The van der Waals surface area contributed by atoms with E-state index in [1.165, 1.54) is 0 Å². The first-order valence-corrected chi connectivity index (χ1v) is 10.5. The molecule has 2 aliphatic rings. The molecule has 0 fully saturated rings. The molecule has 2 aromatic carbocycles. The van der Waals surface area contributed by atoms with Gasteiger partial charge in [0.2, 0.25) is 0 Å². The maximum Gasteiger partial charge on any atom is 0.345 e. The summed E-state index contributed by atoms with van der Waals surface area (Å²) in [7, 11) is 3.14. The number of esters is 2. The van der Waals surface area contributed by atoms with Crippen LogP contribution in [0.15, 0.2) is 24.3 Å². The molecule has 2 aromatic rings. The van der Waals surface area contributed by atoms with Crippen LogP contribution in [-0.2, 0) is 20.4 Å². The minimum Gasteiger partial charge on any atom is -0.497 e. The van der Waals surface area contributed by atoms with Crippen molar-refractivity contribution < 1.29 is 28.5 Å². The summed E-state index contributed by atoms with van der Waals surface area (Å²) in [6, 6.07) is 7.19. The largest absolute Gasteiger partial charge is 0.497 e. The molecule has 0 aromatic heterocycles. The van der Waals surface area contributed by atoms with Crippen molar-refractivity contribution >= 4 is 23.1 Å². The fraction of sp³-hybridized carbons (Fsp3) is 0.385. The summed E-state index contributed by atoms with van der Waals surface area (Å²) in [6.45, 7) is 12.2. The van der Waals surface area contributed by atoms with Crippen LogP contribution in [0.2, 0.25) is 0 Å². The summed E-state index contributed by atoms with van der Waals surface area (Å²) < 4.78 is 22.4. The van der Waals surface area contributed by atoms with Crippen LogP contribution in [0.25, 0.3) is 11.1 Å². The summed E-state index contributed by atoms with van der Waals surface area (Å²) in [5, 5.41) is 0. The van der Waals surface area contributed by atoms with Gasteiger partial charge in [-0.3, -0.25) is 0 Å². The van der Waals surface area contributed by atoms with Crippen molar-refractivity contribution in [1.29, 1.82) is 0 Å². The lowest BCUT2D eigenvalue weighted by Crippen LogP contribution is -2.13. The van der Waals surface area contributed by atoms with Crippen molar-refractivity contribution in [3.05, 3.63) is 46.5 Å². The van der Waals surface area contributed by atoms with Gasteiger partial charge in [-0.1, -0.05) is 41.5 Å². The number of hydrogen-bond donors (Lipinski definition) is 0. The Labute approximate surface area is 188 Å². The minimum atomic E-state index is -0.585. The van der Waals surface area contributed by atoms with Crippen molar-refractivity contribution in [1.82, 2.24) is 0 Å². The maximum absolute atomic E-state index is 13.1. The monoisotopic (exact) mass is 436 g/mol. The van der Waals surface area contributed by atoms with Crippen molar-refractivity contribution in [2.24, 2.45) is 0 Å². The van der Waals surface area contributed by atoms with Gasteiger partial charge in [0, 0.05) is 22.3 Å². The van der Waals surface area contributed by atoms with E-state index in [1.807, 2.05) is 53.7 Å². The Morgan fingerprint density at radius 3 is 1.25 bits per heavy atom. The number of rotatable bonds is 2. The molecule has 2 aliphatic heterocycles. The molecule has 32 heavy (non-hydrogen) atoms. The molecule has 0 atom stereocenters. The molecule has 6 nitrogen and oxygen atoms in total. The number of ether oxygens (including phenoxy) is 4. The van der Waals surface area contributed by atoms with Gasteiger partial charge in [0.15, 0.2) is 0 Å². The van der Waals surface area contributed by atoms with Gasteiger partial charge in [0.25, 0.3) is 0 Å². The SMILES string of the molecule is COc1cc2c(c(C(C)(C)C)c1)OC(=O)/C2=C1\C(=O)Oc2c1cc(OC)cc2C(C)(C)C. The smallest absolute Gasteiger partial charge is 0.345 e. The molecule has 0 spiro atoms. The summed E-state index contributed by atoms with van der Waals surface area (Å²) in [5.74, 6) is 0.893. The van der Waals surface area contributed by atoms with E-state index in [4.69, 9.17) is 18.9 Å². The van der Waals surface area contributed by atoms with Gasteiger partial charge in [-0.25, -0.2) is 9.59 Å². The molecule has 0 saturated heterocycles. The molecule has 0 unspecified atom stereocenters. The van der Waals surface area contributed by atoms with Crippen LogP contribution in [0.3, 0.4) is 0 Å². The van der Waals surface area contributed by atoms with E-state index in [0.29, 0.717) is 34.1 Å². The fourth-order valence-corrected chi connectivity index (χ4v) is 4.13. The summed E-state index contributed by atoms with van der Waals surface area (Å²) in [6.07, 6.45) is 0. The molecule has 0 amide bonds. The third-order valence-electron chi connectivity index (χ3n) is 5.80. The Morgan fingerprint density at radius 2 is 0.969 bits per heavy atom. The number of fused-ring (bicyclic) bond motifs is 2. The van der Waals surface area contributed by atoms with Crippen molar-refractivity contribution in [2.75, 3.05) is 14.2 Å². The normalized spacial score (nSPS) is 17.6. The fourth-order valence-electron chi connectivity index (χ4n) is 4.13. The van der Waals surface area contributed by atoms with Gasteiger partial charge in [0.05, 0.1) is 25.4 Å². The van der Waals surface area contributed by atoms with E-state index in [1.54, 1.807) is 26.4 Å². The highest BCUT2D eigenvalue weighted by Crippen LogP contribution is 2.51. The van der Waals surface area contributed by atoms with Crippen LogP contribution in [0.5, 0.6) is 23.0 Å². The second-order valence-corrected chi connectivity index (χ2v) is 10.1. The molecule has 0 saturated carbocycles. The third-order valence-corrected chi connectivity index (χ3v) is 5.80. The molecule has 2 heterocycles. The minimum absolute atomic E-state index is 0.182. The average molecular weight is 437 g/mol. The van der Waals surface area contributed by atoms with E-state index in [0.717, 1.165) is 11.1 Å². The van der Waals surface area contributed by atoms with Crippen molar-refractivity contribution in [3.63, 3.8) is 0 Å².